The van der Waals surface area contributed by atoms with E-state index in [9.17, 15) is 9.59 Å². The Morgan fingerprint density at radius 3 is 2.19 bits per heavy atom. The van der Waals surface area contributed by atoms with Crippen molar-refractivity contribution < 1.29 is 9.59 Å². The summed E-state index contributed by atoms with van der Waals surface area (Å²) in [6.45, 7) is 12.5. The third-order valence-corrected chi connectivity index (χ3v) is 5.49. The van der Waals surface area contributed by atoms with E-state index < -0.39 is 0 Å². The Labute approximate surface area is 155 Å². The fourth-order valence-electron chi connectivity index (χ4n) is 3.88. The first kappa shape index (κ1) is 18.2. The first-order valence-electron chi connectivity index (χ1n) is 9.11. The van der Waals surface area contributed by atoms with E-state index in [0.29, 0.717) is 24.3 Å². The molecule has 0 aliphatic carbocycles. The second-order valence-electron chi connectivity index (χ2n) is 7.18. The molecular weight excluding hydrogens is 326 g/mol. The average Bonchev–Trinajstić information content (AvgIpc) is 2.91. The summed E-state index contributed by atoms with van der Waals surface area (Å²) < 4.78 is 0. The number of anilines is 1. The van der Waals surface area contributed by atoms with Crippen molar-refractivity contribution in [3.63, 3.8) is 0 Å². The summed E-state index contributed by atoms with van der Waals surface area (Å²) in [5.41, 5.74) is 6.56. The number of hydrogen-bond acceptors (Lipinski definition) is 3. The molecule has 0 unspecified atom stereocenters. The number of aromatic amines is 1. The molecule has 0 spiro atoms. The molecule has 138 valence electrons. The van der Waals surface area contributed by atoms with Crippen molar-refractivity contribution in [2.45, 2.75) is 34.6 Å². The van der Waals surface area contributed by atoms with Crippen molar-refractivity contribution in [1.29, 1.82) is 0 Å². The molecule has 1 amide bonds. The van der Waals surface area contributed by atoms with Crippen LogP contribution in [0.1, 0.15) is 50.2 Å². The maximum absolute atomic E-state index is 12.9. The summed E-state index contributed by atoms with van der Waals surface area (Å²) in [6.07, 6.45) is 0. The molecule has 1 aromatic carbocycles. The molecule has 1 aliphatic heterocycles. The SMILES string of the molecule is CC(=O)c1c(C)[nH]c(C(=O)N2CCN(c3cccc(C)c3C)CC2)c1C. The van der Waals surface area contributed by atoms with Crippen LogP contribution in [0.25, 0.3) is 0 Å². The van der Waals surface area contributed by atoms with E-state index in [2.05, 4.69) is 41.9 Å². The second-order valence-corrected chi connectivity index (χ2v) is 7.18. The Balaban J connectivity index is 1.74. The second kappa shape index (κ2) is 6.98. The fraction of sp³-hybridized carbons (Fsp3) is 0.429. The molecule has 26 heavy (non-hydrogen) atoms. The lowest BCUT2D eigenvalue weighted by Gasteiger charge is -2.37. The maximum atomic E-state index is 12.9. The first-order chi connectivity index (χ1) is 12.3. The molecular formula is C21H27N3O2. The number of aromatic nitrogens is 1. The van der Waals surface area contributed by atoms with Gasteiger partial charge in [-0.3, -0.25) is 9.59 Å². The minimum Gasteiger partial charge on any atom is -0.368 e. The Kier molecular flexibility index (Phi) is 4.90. The van der Waals surface area contributed by atoms with Crippen LogP contribution in [0.5, 0.6) is 0 Å². The number of Topliss-reactive ketones (excluding diaryl/α,β-unsaturated/α-hetero) is 1. The van der Waals surface area contributed by atoms with Gasteiger partial charge in [0.25, 0.3) is 5.91 Å². The van der Waals surface area contributed by atoms with Gasteiger partial charge in [0.15, 0.2) is 5.78 Å². The summed E-state index contributed by atoms with van der Waals surface area (Å²) in [4.78, 5) is 32.1. The van der Waals surface area contributed by atoms with Crippen LogP contribution in [0.2, 0.25) is 0 Å². The molecule has 1 N–H and O–H groups in total. The van der Waals surface area contributed by atoms with E-state index in [1.807, 2.05) is 18.7 Å². The predicted octanol–water partition coefficient (Wildman–Crippen LogP) is 3.41. The molecule has 1 aromatic heterocycles. The Bertz CT molecular complexity index is 858. The van der Waals surface area contributed by atoms with E-state index >= 15 is 0 Å². The topological polar surface area (TPSA) is 56.4 Å². The lowest BCUT2D eigenvalue weighted by molar-refractivity contribution is 0.0740. The molecule has 2 aromatic rings. The Morgan fingerprint density at radius 2 is 1.62 bits per heavy atom. The van der Waals surface area contributed by atoms with Crippen LogP contribution in [0, 0.1) is 27.7 Å². The van der Waals surface area contributed by atoms with Gasteiger partial charge in [-0.2, -0.15) is 0 Å². The number of amides is 1. The molecule has 1 aliphatic rings. The number of nitrogens with zero attached hydrogens (tertiary/aromatic N) is 2. The van der Waals surface area contributed by atoms with Gasteiger partial charge in [0, 0.05) is 43.1 Å². The van der Waals surface area contributed by atoms with E-state index in [-0.39, 0.29) is 11.7 Å². The van der Waals surface area contributed by atoms with Crippen LogP contribution in [0.3, 0.4) is 0 Å². The third kappa shape index (κ3) is 3.14. The summed E-state index contributed by atoms with van der Waals surface area (Å²) >= 11 is 0. The van der Waals surface area contributed by atoms with Crippen molar-refractivity contribution in [3.8, 4) is 0 Å². The number of benzene rings is 1. The van der Waals surface area contributed by atoms with Gasteiger partial charge in [-0.1, -0.05) is 12.1 Å². The van der Waals surface area contributed by atoms with E-state index in [4.69, 9.17) is 0 Å². The van der Waals surface area contributed by atoms with Gasteiger partial charge in [0.2, 0.25) is 0 Å². The van der Waals surface area contributed by atoms with E-state index in [1.54, 1.807) is 6.92 Å². The Hall–Kier alpha value is -2.56. The van der Waals surface area contributed by atoms with Crippen LogP contribution < -0.4 is 4.90 Å². The smallest absolute Gasteiger partial charge is 0.270 e. The van der Waals surface area contributed by atoms with Crippen molar-refractivity contribution in [2.75, 3.05) is 31.1 Å². The molecule has 0 saturated carbocycles. The summed E-state index contributed by atoms with van der Waals surface area (Å²) in [7, 11) is 0. The summed E-state index contributed by atoms with van der Waals surface area (Å²) in [5, 5.41) is 0. The number of rotatable bonds is 3. The number of carbonyl (C=O) groups excluding carboxylic acids is 2. The number of aryl methyl sites for hydroxylation is 2. The maximum Gasteiger partial charge on any atom is 0.270 e. The van der Waals surface area contributed by atoms with Crippen molar-refractivity contribution in [2.24, 2.45) is 0 Å². The lowest BCUT2D eigenvalue weighted by atomic mass is 10.1. The largest absolute Gasteiger partial charge is 0.368 e. The standard InChI is InChI=1S/C21H27N3O2/c1-13-7-6-8-18(14(13)2)23-9-11-24(12-10-23)21(26)20-15(3)19(17(5)25)16(4)22-20/h6-8,22H,9-12H2,1-5H3. The van der Waals surface area contributed by atoms with Crippen LogP contribution >= 0.6 is 0 Å². The van der Waals surface area contributed by atoms with Crippen molar-refractivity contribution in [1.82, 2.24) is 9.88 Å². The Morgan fingerprint density at radius 1 is 0.962 bits per heavy atom. The van der Waals surface area contributed by atoms with Gasteiger partial charge in [0.1, 0.15) is 5.69 Å². The number of nitrogens with one attached hydrogen (secondary N) is 1. The van der Waals surface area contributed by atoms with Crippen LogP contribution in [0.15, 0.2) is 18.2 Å². The van der Waals surface area contributed by atoms with Crippen LogP contribution in [0.4, 0.5) is 5.69 Å². The fourth-order valence-corrected chi connectivity index (χ4v) is 3.88. The van der Waals surface area contributed by atoms with Gasteiger partial charge < -0.3 is 14.8 Å². The third-order valence-electron chi connectivity index (χ3n) is 5.49. The minimum absolute atomic E-state index is 0.00459. The summed E-state index contributed by atoms with van der Waals surface area (Å²) in [6, 6.07) is 6.36. The predicted molar refractivity (Wildman–Crippen MR) is 104 cm³/mol. The highest BCUT2D eigenvalue weighted by molar-refractivity contribution is 6.02. The quantitative estimate of drug-likeness (QED) is 0.860. The normalized spacial score (nSPS) is 14.7. The van der Waals surface area contributed by atoms with Crippen molar-refractivity contribution >= 4 is 17.4 Å². The van der Waals surface area contributed by atoms with Gasteiger partial charge in [0.05, 0.1) is 0 Å². The molecule has 2 heterocycles. The zero-order valence-electron chi connectivity index (χ0n) is 16.3. The van der Waals surface area contributed by atoms with Gasteiger partial charge in [-0.15, -0.1) is 0 Å². The molecule has 0 radical (unpaired) electrons. The number of carbonyl (C=O) groups is 2. The van der Waals surface area contributed by atoms with Gasteiger partial charge >= 0.3 is 0 Å². The van der Waals surface area contributed by atoms with E-state index in [1.165, 1.54) is 16.8 Å². The molecule has 1 fully saturated rings. The molecule has 1 saturated heterocycles. The average molecular weight is 353 g/mol. The van der Waals surface area contributed by atoms with Crippen LogP contribution in [-0.4, -0.2) is 47.8 Å². The van der Waals surface area contributed by atoms with E-state index in [0.717, 1.165) is 24.3 Å². The zero-order chi connectivity index (χ0) is 19.0. The highest BCUT2D eigenvalue weighted by Gasteiger charge is 2.27. The number of ketones is 1. The highest BCUT2D eigenvalue weighted by Crippen LogP contribution is 2.25. The molecule has 5 nitrogen and oxygen atoms in total. The molecule has 0 bridgehead atoms. The number of hydrogen-bond donors (Lipinski definition) is 1. The van der Waals surface area contributed by atoms with Crippen molar-refractivity contribution in [3.05, 3.63) is 51.8 Å². The number of piperazine rings is 1. The minimum atomic E-state index is -0.0151. The van der Waals surface area contributed by atoms with Crippen LogP contribution in [-0.2, 0) is 0 Å². The monoisotopic (exact) mass is 353 g/mol. The summed E-state index contributed by atoms with van der Waals surface area (Å²) in [5.74, 6) is -0.0197. The zero-order valence-corrected chi connectivity index (χ0v) is 16.3. The molecule has 3 rings (SSSR count). The lowest BCUT2D eigenvalue weighted by Crippen LogP contribution is -2.49. The first-order valence-corrected chi connectivity index (χ1v) is 9.11. The van der Waals surface area contributed by atoms with Gasteiger partial charge in [-0.25, -0.2) is 0 Å². The highest BCUT2D eigenvalue weighted by atomic mass is 16.2. The number of H-pyrrole nitrogens is 1. The van der Waals surface area contributed by atoms with Gasteiger partial charge in [-0.05, 0) is 57.4 Å². The molecule has 0 atom stereocenters. The molecule has 5 heteroatoms.